The molecule has 6 aromatic carbocycles. The maximum Gasteiger partial charge on any atom is 0.338 e. The SMILES string of the molecule is O=C(OCc1ccccc1)c1ccc(C(=O)O)c(C(=O)Nc2ccc(Cc3ccc(C(NO)c4cc(C(=O)OCc5ccccc5)ccc4C(=O)O)c(Cl)c3)cc2Cl)c1. The van der Waals surface area contributed by atoms with Crippen molar-refractivity contribution >= 4 is 58.7 Å². The first-order valence-corrected chi connectivity index (χ1v) is 18.6. The van der Waals surface area contributed by atoms with Gasteiger partial charge in [0, 0.05) is 5.02 Å². The topological polar surface area (TPSA) is 189 Å². The van der Waals surface area contributed by atoms with Gasteiger partial charge in [0.25, 0.3) is 5.91 Å². The van der Waals surface area contributed by atoms with Crippen molar-refractivity contribution in [1.82, 2.24) is 5.48 Å². The van der Waals surface area contributed by atoms with Crippen molar-refractivity contribution in [3.63, 3.8) is 0 Å². The Labute approximate surface area is 347 Å². The largest absolute Gasteiger partial charge is 0.478 e. The molecule has 1 atom stereocenters. The van der Waals surface area contributed by atoms with E-state index < -0.39 is 35.8 Å². The Morgan fingerprint density at radius 1 is 0.542 bits per heavy atom. The smallest absolute Gasteiger partial charge is 0.338 e. The number of nitrogens with one attached hydrogen (secondary N) is 2. The Balaban J connectivity index is 1.16. The molecule has 12 nitrogen and oxygen atoms in total. The van der Waals surface area contributed by atoms with E-state index in [1.807, 2.05) is 24.3 Å². The Kier molecular flexibility index (Phi) is 13.5. The van der Waals surface area contributed by atoms with Gasteiger partial charge in [-0.15, -0.1) is 0 Å². The molecule has 0 aromatic heterocycles. The Hall–Kier alpha value is -6.83. The van der Waals surface area contributed by atoms with Crippen LogP contribution in [0.1, 0.15) is 91.2 Å². The zero-order valence-corrected chi connectivity index (χ0v) is 32.4. The quantitative estimate of drug-likeness (QED) is 0.0491. The van der Waals surface area contributed by atoms with E-state index in [1.165, 1.54) is 24.3 Å². The highest BCUT2D eigenvalue weighted by atomic mass is 35.5. The van der Waals surface area contributed by atoms with Crippen LogP contribution < -0.4 is 10.8 Å². The summed E-state index contributed by atoms with van der Waals surface area (Å²) in [6, 6.07) is 34.2. The molecule has 0 spiro atoms. The molecule has 0 radical (unpaired) electrons. The molecule has 0 saturated carbocycles. The molecule has 14 heteroatoms. The molecule has 0 aliphatic carbocycles. The van der Waals surface area contributed by atoms with E-state index >= 15 is 0 Å². The van der Waals surface area contributed by atoms with Crippen LogP contribution in [0.5, 0.6) is 0 Å². The van der Waals surface area contributed by atoms with E-state index in [4.69, 9.17) is 32.7 Å². The van der Waals surface area contributed by atoms with Gasteiger partial charge in [0.05, 0.1) is 44.6 Å². The number of anilines is 1. The van der Waals surface area contributed by atoms with Crippen LogP contribution in [0.2, 0.25) is 10.0 Å². The van der Waals surface area contributed by atoms with E-state index in [-0.39, 0.29) is 62.3 Å². The molecule has 1 unspecified atom stereocenters. The molecule has 6 aromatic rings. The van der Waals surface area contributed by atoms with Gasteiger partial charge in [-0.25, -0.2) is 19.2 Å². The number of esters is 2. The monoisotopic (exact) mass is 832 g/mol. The Morgan fingerprint density at radius 3 is 1.59 bits per heavy atom. The Morgan fingerprint density at radius 2 is 1.07 bits per heavy atom. The van der Waals surface area contributed by atoms with Crippen LogP contribution in [-0.4, -0.2) is 45.2 Å². The molecule has 5 N–H and O–H groups in total. The van der Waals surface area contributed by atoms with Crippen molar-refractivity contribution in [3.8, 4) is 0 Å². The normalized spacial score (nSPS) is 11.3. The summed E-state index contributed by atoms with van der Waals surface area (Å²) in [7, 11) is 0. The lowest BCUT2D eigenvalue weighted by Gasteiger charge is -2.21. The van der Waals surface area contributed by atoms with Gasteiger partial charge in [0.15, 0.2) is 0 Å². The summed E-state index contributed by atoms with van der Waals surface area (Å²) in [5.74, 6) is -4.91. The fourth-order valence-electron chi connectivity index (χ4n) is 6.20. The maximum atomic E-state index is 13.4. The van der Waals surface area contributed by atoms with Crippen molar-refractivity contribution in [2.75, 3.05) is 5.32 Å². The summed E-state index contributed by atoms with van der Waals surface area (Å²) in [5.41, 5.74) is 4.90. The summed E-state index contributed by atoms with van der Waals surface area (Å²) in [5, 5.41) is 32.9. The predicted molar refractivity (Wildman–Crippen MR) is 218 cm³/mol. The van der Waals surface area contributed by atoms with Gasteiger partial charge in [-0.05, 0) is 94.4 Å². The first-order valence-electron chi connectivity index (χ1n) is 17.9. The predicted octanol–water partition coefficient (Wildman–Crippen LogP) is 9.02. The molecular weight excluding hydrogens is 799 g/mol. The zero-order valence-electron chi connectivity index (χ0n) is 30.9. The van der Waals surface area contributed by atoms with Crippen molar-refractivity contribution in [3.05, 3.63) is 205 Å². The summed E-state index contributed by atoms with van der Waals surface area (Å²) in [4.78, 5) is 63.3. The Bertz CT molecular complexity index is 2550. The summed E-state index contributed by atoms with van der Waals surface area (Å²) in [6.45, 7) is -0.0108. The third-order valence-electron chi connectivity index (χ3n) is 9.18. The highest BCUT2D eigenvalue weighted by Crippen LogP contribution is 2.33. The molecule has 0 saturated heterocycles. The molecule has 0 heterocycles. The highest BCUT2D eigenvalue weighted by Gasteiger charge is 2.25. The molecule has 6 rings (SSSR count). The molecular formula is C45H34Cl2N2O10. The molecule has 1 amide bonds. The number of ether oxygens (including phenoxy) is 2. The van der Waals surface area contributed by atoms with Crippen molar-refractivity contribution < 1.29 is 48.9 Å². The van der Waals surface area contributed by atoms with Gasteiger partial charge in [-0.2, -0.15) is 5.48 Å². The van der Waals surface area contributed by atoms with Crippen LogP contribution in [0.15, 0.2) is 133 Å². The number of halogens is 2. The number of rotatable bonds is 15. The zero-order chi connectivity index (χ0) is 42.1. The fraction of sp³-hybridized carbons (Fsp3) is 0.0889. The lowest BCUT2D eigenvalue weighted by atomic mass is 9.92. The van der Waals surface area contributed by atoms with Gasteiger partial charge in [0.2, 0.25) is 0 Å². The van der Waals surface area contributed by atoms with Gasteiger partial charge >= 0.3 is 23.9 Å². The average Bonchev–Trinajstić information content (AvgIpc) is 3.24. The second-order valence-electron chi connectivity index (χ2n) is 13.2. The summed E-state index contributed by atoms with van der Waals surface area (Å²) in [6.07, 6.45) is 0.310. The van der Waals surface area contributed by atoms with Crippen LogP contribution in [-0.2, 0) is 29.1 Å². The van der Waals surface area contributed by atoms with E-state index in [9.17, 15) is 39.4 Å². The standard InChI is InChI=1S/C45H34Cl2N2O10/c46-37-20-28(11-15-34(37)40(49-57)35-22-30(13-16-32(35)42(51)52)44(55)58-24-26-7-3-1-4-8-26)19-29-12-18-39(38(47)21-29)48-41(50)36-23-31(14-17-33(36)43(53)54)45(56)59-25-27-9-5-2-6-10-27/h1-18,20-23,40,49,57H,19,24-25H2,(H,48,50)(H,51,52)(H,53,54). The number of amides is 1. The minimum atomic E-state index is -1.37. The second-order valence-corrected chi connectivity index (χ2v) is 14.0. The summed E-state index contributed by atoms with van der Waals surface area (Å²) < 4.78 is 10.8. The van der Waals surface area contributed by atoms with Crippen LogP contribution in [0, 0.1) is 0 Å². The van der Waals surface area contributed by atoms with Gasteiger partial charge in [0.1, 0.15) is 13.2 Å². The number of hydrogen-bond donors (Lipinski definition) is 5. The van der Waals surface area contributed by atoms with E-state index in [0.717, 1.165) is 23.3 Å². The third-order valence-corrected chi connectivity index (χ3v) is 9.82. The summed E-state index contributed by atoms with van der Waals surface area (Å²) >= 11 is 13.3. The number of carbonyl (C=O) groups is 5. The highest BCUT2D eigenvalue weighted by molar-refractivity contribution is 6.34. The second kappa shape index (κ2) is 19.1. The molecule has 59 heavy (non-hydrogen) atoms. The van der Waals surface area contributed by atoms with Crippen LogP contribution in [0.4, 0.5) is 5.69 Å². The van der Waals surface area contributed by atoms with E-state index in [0.29, 0.717) is 23.1 Å². The lowest BCUT2D eigenvalue weighted by Crippen LogP contribution is -2.22. The van der Waals surface area contributed by atoms with E-state index in [2.05, 4.69) is 10.8 Å². The molecule has 0 aliphatic heterocycles. The number of aromatic carboxylic acids is 2. The van der Waals surface area contributed by atoms with Crippen molar-refractivity contribution in [2.24, 2.45) is 0 Å². The number of benzene rings is 6. The van der Waals surface area contributed by atoms with Gasteiger partial charge in [-0.1, -0.05) is 102 Å². The first kappa shape index (κ1) is 41.8. The number of hydrogen-bond acceptors (Lipinski definition) is 9. The minimum Gasteiger partial charge on any atom is -0.478 e. The molecule has 0 aliphatic rings. The first-order chi connectivity index (χ1) is 28.4. The number of carbonyl (C=O) groups excluding carboxylic acids is 3. The molecule has 0 fully saturated rings. The number of carboxylic acids is 2. The average molecular weight is 834 g/mol. The van der Waals surface area contributed by atoms with Crippen molar-refractivity contribution in [1.29, 1.82) is 0 Å². The van der Waals surface area contributed by atoms with Crippen LogP contribution >= 0.6 is 23.2 Å². The van der Waals surface area contributed by atoms with Crippen LogP contribution in [0.25, 0.3) is 0 Å². The third kappa shape index (κ3) is 10.4. The van der Waals surface area contributed by atoms with Gasteiger partial charge in [-0.3, -0.25) is 4.79 Å². The number of hydroxylamine groups is 1. The number of carboxylic acid groups (broad SMARTS) is 2. The van der Waals surface area contributed by atoms with Gasteiger partial charge < -0.3 is 30.2 Å². The fourth-order valence-corrected chi connectivity index (χ4v) is 6.76. The molecule has 298 valence electrons. The molecule has 0 bridgehead atoms. The van der Waals surface area contributed by atoms with E-state index in [1.54, 1.807) is 72.8 Å². The van der Waals surface area contributed by atoms with Crippen LogP contribution in [0.3, 0.4) is 0 Å². The van der Waals surface area contributed by atoms with Crippen molar-refractivity contribution in [2.45, 2.75) is 25.7 Å². The maximum absolute atomic E-state index is 13.4. The minimum absolute atomic E-state index is 0.00485. The lowest BCUT2D eigenvalue weighted by molar-refractivity contribution is 0.0463.